The number of rotatable bonds is 7. The van der Waals surface area contributed by atoms with E-state index in [0.29, 0.717) is 5.56 Å². The molecule has 202 valence electrons. The lowest BCUT2D eigenvalue weighted by atomic mass is 9.99. The predicted octanol–water partition coefficient (Wildman–Crippen LogP) is 3.92. The van der Waals surface area contributed by atoms with Crippen LogP contribution in [0.25, 0.3) is 22.5 Å². The van der Waals surface area contributed by atoms with E-state index < -0.39 is 46.5 Å². The number of hydrogen-bond donors (Lipinski definition) is 3. The van der Waals surface area contributed by atoms with Gasteiger partial charge in [-0.1, -0.05) is 30.3 Å². The van der Waals surface area contributed by atoms with Gasteiger partial charge in [0.2, 0.25) is 5.91 Å². The highest BCUT2D eigenvalue weighted by Crippen LogP contribution is 2.38. The largest absolute Gasteiger partial charge is 0.417 e. The molecule has 2 heterocycles. The molecule has 2 aromatic carbocycles. The van der Waals surface area contributed by atoms with Crippen molar-refractivity contribution >= 4 is 17.5 Å². The molecule has 0 saturated heterocycles. The summed E-state index contributed by atoms with van der Waals surface area (Å²) in [6.45, 7) is 1.47. The van der Waals surface area contributed by atoms with Crippen LogP contribution in [-0.2, 0) is 24.6 Å². The molecule has 4 N–H and O–H groups in total. The molecule has 0 aliphatic rings. The number of carbonyl (C=O) groups excluding carboxylic acids is 2. The van der Waals surface area contributed by atoms with Gasteiger partial charge in [0.15, 0.2) is 0 Å². The summed E-state index contributed by atoms with van der Waals surface area (Å²) in [5.74, 6) is -2.59. The lowest BCUT2D eigenvalue weighted by molar-refractivity contribution is -0.137. The third-order valence-electron chi connectivity index (χ3n) is 5.62. The zero-order valence-corrected chi connectivity index (χ0v) is 20.8. The van der Waals surface area contributed by atoms with Crippen LogP contribution in [0.3, 0.4) is 0 Å². The van der Waals surface area contributed by atoms with Gasteiger partial charge in [-0.05, 0) is 25.1 Å². The fraction of sp³-hybridized carbons (Fsp3) is 0.192. The van der Waals surface area contributed by atoms with Gasteiger partial charge in [0.1, 0.15) is 11.6 Å². The molecular formula is C26H23F4N7O2. The zero-order chi connectivity index (χ0) is 28.3. The van der Waals surface area contributed by atoms with Crippen LogP contribution in [0.4, 0.5) is 23.2 Å². The topological polar surface area (TPSA) is 128 Å². The molecule has 9 nitrogen and oxygen atoms in total. The fourth-order valence-electron chi connectivity index (χ4n) is 3.68. The minimum absolute atomic E-state index is 0.0462. The number of benzene rings is 2. The summed E-state index contributed by atoms with van der Waals surface area (Å²) in [6.07, 6.45) is -2.19. The number of nitrogens with zero attached hydrogens (tertiary/aromatic N) is 4. The van der Waals surface area contributed by atoms with E-state index in [4.69, 9.17) is 5.73 Å². The Bertz CT molecular complexity index is 1520. The minimum atomic E-state index is -4.88. The first kappa shape index (κ1) is 27.4. The summed E-state index contributed by atoms with van der Waals surface area (Å²) in [4.78, 5) is 33.6. The lowest BCUT2D eigenvalue weighted by Gasteiger charge is -2.16. The summed E-state index contributed by atoms with van der Waals surface area (Å²) < 4.78 is 57.2. The van der Waals surface area contributed by atoms with Gasteiger partial charge in [-0.2, -0.15) is 18.3 Å². The average molecular weight is 542 g/mol. The quantitative estimate of drug-likeness (QED) is 0.305. The van der Waals surface area contributed by atoms with E-state index in [-0.39, 0.29) is 35.5 Å². The highest BCUT2D eigenvalue weighted by molar-refractivity contribution is 6.06. The van der Waals surface area contributed by atoms with Crippen molar-refractivity contribution in [1.29, 1.82) is 0 Å². The maximum absolute atomic E-state index is 14.9. The molecule has 0 saturated carbocycles. The predicted molar refractivity (Wildman–Crippen MR) is 135 cm³/mol. The second-order valence-corrected chi connectivity index (χ2v) is 8.63. The van der Waals surface area contributed by atoms with Crippen molar-refractivity contribution in [2.45, 2.75) is 25.7 Å². The number of aromatic nitrogens is 4. The van der Waals surface area contributed by atoms with Crippen LogP contribution >= 0.6 is 0 Å². The third-order valence-corrected chi connectivity index (χ3v) is 5.62. The van der Waals surface area contributed by atoms with Gasteiger partial charge in [0.05, 0.1) is 47.0 Å². The fourth-order valence-corrected chi connectivity index (χ4v) is 3.68. The van der Waals surface area contributed by atoms with E-state index >= 15 is 0 Å². The molecule has 4 rings (SSSR count). The minimum Gasteiger partial charge on any atom is -0.347 e. The molecule has 0 radical (unpaired) electrons. The van der Waals surface area contributed by atoms with E-state index in [2.05, 4.69) is 25.7 Å². The van der Waals surface area contributed by atoms with Gasteiger partial charge in [-0.3, -0.25) is 14.3 Å². The number of nitrogens with one attached hydrogen (secondary N) is 2. The number of amides is 2. The van der Waals surface area contributed by atoms with Crippen molar-refractivity contribution in [3.63, 3.8) is 0 Å². The van der Waals surface area contributed by atoms with Gasteiger partial charge >= 0.3 is 6.18 Å². The van der Waals surface area contributed by atoms with Crippen molar-refractivity contribution in [3.8, 4) is 22.5 Å². The Hall–Kier alpha value is -4.65. The van der Waals surface area contributed by atoms with E-state index in [1.807, 2.05) is 0 Å². The normalized spacial score (nSPS) is 12.2. The van der Waals surface area contributed by atoms with Gasteiger partial charge in [-0.15, -0.1) is 0 Å². The monoisotopic (exact) mass is 541 g/mol. The van der Waals surface area contributed by atoms with Gasteiger partial charge in [-0.25, -0.2) is 14.4 Å². The van der Waals surface area contributed by atoms with Crippen LogP contribution in [0.15, 0.2) is 60.9 Å². The Morgan fingerprint density at radius 3 is 2.46 bits per heavy atom. The Balaban J connectivity index is 1.72. The van der Waals surface area contributed by atoms with Crippen molar-refractivity contribution < 1.29 is 27.2 Å². The van der Waals surface area contributed by atoms with E-state index in [0.717, 1.165) is 6.07 Å². The molecule has 4 aromatic rings. The average Bonchev–Trinajstić information content (AvgIpc) is 3.33. The molecule has 1 atom stereocenters. The first-order valence-electron chi connectivity index (χ1n) is 11.6. The van der Waals surface area contributed by atoms with Crippen LogP contribution in [0.2, 0.25) is 0 Å². The standard InChI is InChI=1S/C26H23F4N7O2/c1-14(31)24(38)33-13-22-32-12-21(23(35-22)15-6-4-3-5-7-15)34-25(39)17-10-16(20-8-9-37(2)36-20)18(11-19(17)27)26(28,29)30/h3-12,14H,13,31H2,1-2H3,(H,33,38)(H,34,39). The zero-order valence-electron chi connectivity index (χ0n) is 20.8. The Kier molecular flexibility index (Phi) is 7.72. The molecule has 0 aliphatic carbocycles. The van der Waals surface area contributed by atoms with E-state index in [1.54, 1.807) is 30.3 Å². The highest BCUT2D eigenvalue weighted by Gasteiger charge is 2.36. The van der Waals surface area contributed by atoms with Gasteiger partial charge < -0.3 is 16.4 Å². The summed E-state index contributed by atoms with van der Waals surface area (Å²) in [5.41, 5.74) is 4.03. The summed E-state index contributed by atoms with van der Waals surface area (Å²) in [5, 5.41) is 9.06. The van der Waals surface area contributed by atoms with Crippen molar-refractivity contribution in [2.24, 2.45) is 12.8 Å². The Morgan fingerprint density at radius 1 is 1.13 bits per heavy atom. The molecule has 0 fully saturated rings. The first-order chi connectivity index (χ1) is 18.4. The smallest absolute Gasteiger partial charge is 0.347 e. The molecule has 0 spiro atoms. The van der Waals surface area contributed by atoms with Crippen molar-refractivity contribution in [3.05, 3.63) is 83.7 Å². The third kappa shape index (κ3) is 6.26. The molecule has 2 aromatic heterocycles. The number of nitrogens with two attached hydrogens (primary N) is 1. The number of alkyl halides is 3. The lowest BCUT2D eigenvalue weighted by Crippen LogP contribution is -2.38. The van der Waals surface area contributed by atoms with Crippen LogP contribution in [0, 0.1) is 5.82 Å². The number of anilines is 1. The van der Waals surface area contributed by atoms with Crippen LogP contribution in [0.1, 0.15) is 28.7 Å². The van der Waals surface area contributed by atoms with Crippen molar-refractivity contribution in [2.75, 3.05) is 5.32 Å². The van der Waals surface area contributed by atoms with E-state index in [9.17, 15) is 27.2 Å². The maximum atomic E-state index is 14.9. The molecular weight excluding hydrogens is 518 g/mol. The number of carbonyl (C=O) groups is 2. The summed E-state index contributed by atoms with van der Waals surface area (Å²) in [7, 11) is 1.52. The van der Waals surface area contributed by atoms with Gasteiger partial charge in [0, 0.05) is 24.4 Å². The van der Waals surface area contributed by atoms with Gasteiger partial charge in [0.25, 0.3) is 5.91 Å². The number of hydrogen-bond acceptors (Lipinski definition) is 6. The highest BCUT2D eigenvalue weighted by atomic mass is 19.4. The molecule has 39 heavy (non-hydrogen) atoms. The number of halogens is 4. The summed E-state index contributed by atoms with van der Waals surface area (Å²) >= 11 is 0. The molecule has 0 bridgehead atoms. The Morgan fingerprint density at radius 2 is 1.85 bits per heavy atom. The van der Waals surface area contributed by atoms with Crippen LogP contribution < -0.4 is 16.4 Å². The second kappa shape index (κ2) is 11.0. The van der Waals surface area contributed by atoms with Crippen molar-refractivity contribution in [1.82, 2.24) is 25.1 Å². The van der Waals surface area contributed by atoms with E-state index in [1.165, 1.54) is 37.1 Å². The summed E-state index contributed by atoms with van der Waals surface area (Å²) in [6, 6.07) is 10.3. The molecule has 13 heteroatoms. The molecule has 0 aliphatic heterocycles. The SMILES string of the molecule is CC(N)C(=O)NCc1ncc(NC(=O)c2cc(-c3ccn(C)n3)c(C(F)(F)F)cc2F)c(-c2ccccc2)n1. The maximum Gasteiger partial charge on any atom is 0.417 e. The van der Waals surface area contributed by atoms with Crippen LogP contribution in [0.5, 0.6) is 0 Å². The molecule has 1 unspecified atom stereocenters. The first-order valence-corrected chi connectivity index (χ1v) is 11.6. The van der Waals surface area contributed by atoms with Crippen LogP contribution in [-0.4, -0.2) is 37.6 Å². The Labute approximate surface area is 220 Å². The second-order valence-electron chi connectivity index (χ2n) is 8.63. The number of aryl methyl sites for hydroxylation is 1. The molecule has 2 amide bonds.